The van der Waals surface area contributed by atoms with Crippen molar-refractivity contribution in [2.24, 2.45) is 0 Å². The minimum absolute atomic E-state index is 0.0366. The molecule has 0 fully saturated rings. The molecule has 1 aromatic carbocycles. The number of pyridine rings is 1. The minimum atomic E-state index is -0.0519. The van der Waals surface area contributed by atoms with E-state index in [2.05, 4.69) is 20.5 Å². The number of aromatic nitrogens is 3. The van der Waals surface area contributed by atoms with Crippen LogP contribution >= 0.6 is 0 Å². The highest BCUT2D eigenvalue weighted by molar-refractivity contribution is 5.76. The van der Waals surface area contributed by atoms with Gasteiger partial charge in [0.25, 0.3) is 5.89 Å². The topological polar surface area (TPSA) is 80.9 Å². The molecule has 0 aliphatic heterocycles. The lowest BCUT2D eigenvalue weighted by molar-refractivity contribution is -0.121. The summed E-state index contributed by atoms with van der Waals surface area (Å²) in [7, 11) is 0. The Hall–Kier alpha value is -3.02. The summed E-state index contributed by atoms with van der Waals surface area (Å²) in [5, 5.41) is 10.9. The summed E-state index contributed by atoms with van der Waals surface area (Å²) in [6.07, 6.45) is 2.35. The SMILES string of the molecule is CC(NC(=O)CCc1nnc(-c2ccccn2)o1)c1ccccc1. The molecule has 6 heteroatoms. The summed E-state index contributed by atoms with van der Waals surface area (Å²) in [5.41, 5.74) is 1.69. The number of rotatable bonds is 6. The molecule has 122 valence electrons. The number of carbonyl (C=O) groups excluding carboxylic acids is 1. The quantitative estimate of drug-likeness (QED) is 0.754. The van der Waals surface area contributed by atoms with E-state index in [1.807, 2.05) is 49.4 Å². The summed E-state index contributed by atoms with van der Waals surface area (Å²) in [5.74, 6) is 0.741. The van der Waals surface area contributed by atoms with Gasteiger partial charge in [-0.25, -0.2) is 0 Å². The molecular formula is C18H18N4O2. The Morgan fingerprint density at radius 3 is 2.67 bits per heavy atom. The molecule has 3 aromatic rings. The normalized spacial score (nSPS) is 11.9. The van der Waals surface area contributed by atoms with E-state index < -0.39 is 0 Å². The number of amides is 1. The first-order chi connectivity index (χ1) is 11.7. The first-order valence-corrected chi connectivity index (χ1v) is 7.80. The van der Waals surface area contributed by atoms with Crippen LogP contribution in [0.5, 0.6) is 0 Å². The van der Waals surface area contributed by atoms with Crippen LogP contribution in [0.1, 0.15) is 30.8 Å². The van der Waals surface area contributed by atoms with Gasteiger partial charge < -0.3 is 9.73 Å². The fourth-order valence-electron chi connectivity index (χ4n) is 2.31. The monoisotopic (exact) mass is 322 g/mol. The molecule has 0 aliphatic carbocycles. The van der Waals surface area contributed by atoms with Gasteiger partial charge in [-0.2, -0.15) is 0 Å². The van der Waals surface area contributed by atoms with Crippen molar-refractivity contribution in [2.45, 2.75) is 25.8 Å². The zero-order valence-electron chi connectivity index (χ0n) is 13.3. The molecule has 0 saturated heterocycles. The third-order valence-electron chi connectivity index (χ3n) is 3.59. The van der Waals surface area contributed by atoms with Crippen molar-refractivity contribution in [1.82, 2.24) is 20.5 Å². The van der Waals surface area contributed by atoms with Crippen molar-refractivity contribution in [1.29, 1.82) is 0 Å². The largest absolute Gasteiger partial charge is 0.419 e. The molecule has 1 atom stereocenters. The van der Waals surface area contributed by atoms with Crippen LogP contribution in [-0.2, 0) is 11.2 Å². The van der Waals surface area contributed by atoms with Gasteiger partial charge in [0.15, 0.2) is 0 Å². The second-order valence-electron chi connectivity index (χ2n) is 5.42. The summed E-state index contributed by atoms with van der Waals surface area (Å²) in [4.78, 5) is 16.2. The maximum Gasteiger partial charge on any atom is 0.266 e. The van der Waals surface area contributed by atoms with E-state index in [0.29, 0.717) is 30.3 Å². The zero-order valence-corrected chi connectivity index (χ0v) is 13.3. The molecular weight excluding hydrogens is 304 g/mol. The standard InChI is InChI=1S/C18H18N4O2/c1-13(14-7-3-2-4-8-14)20-16(23)10-11-17-21-22-18(24-17)15-9-5-6-12-19-15/h2-9,12-13H,10-11H2,1H3,(H,20,23). The van der Waals surface area contributed by atoms with Gasteiger partial charge in [-0.15, -0.1) is 10.2 Å². The van der Waals surface area contributed by atoms with Gasteiger partial charge in [0.1, 0.15) is 5.69 Å². The maximum atomic E-state index is 12.1. The van der Waals surface area contributed by atoms with E-state index in [9.17, 15) is 4.79 Å². The number of nitrogens with one attached hydrogen (secondary N) is 1. The van der Waals surface area contributed by atoms with Gasteiger partial charge in [0.2, 0.25) is 11.8 Å². The van der Waals surface area contributed by atoms with E-state index in [0.717, 1.165) is 5.56 Å². The Kier molecular flexibility index (Phi) is 4.96. The number of nitrogens with zero attached hydrogens (tertiary/aromatic N) is 3. The molecule has 0 spiro atoms. The third kappa shape index (κ3) is 4.04. The average molecular weight is 322 g/mol. The van der Waals surface area contributed by atoms with Crippen LogP contribution in [0.15, 0.2) is 59.1 Å². The number of aryl methyl sites for hydroxylation is 1. The molecule has 6 nitrogen and oxygen atoms in total. The van der Waals surface area contributed by atoms with Crippen molar-refractivity contribution in [3.63, 3.8) is 0 Å². The Labute approximate surface area is 140 Å². The van der Waals surface area contributed by atoms with Crippen molar-refractivity contribution in [3.8, 4) is 11.6 Å². The van der Waals surface area contributed by atoms with Crippen molar-refractivity contribution in [3.05, 3.63) is 66.2 Å². The first kappa shape index (κ1) is 15.9. The van der Waals surface area contributed by atoms with Crippen LogP contribution in [0.4, 0.5) is 0 Å². The highest BCUT2D eigenvalue weighted by atomic mass is 16.4. The Morgan fingerprint density at radius 1 is 1.12 bits per heavy atom. The van der Waals surface area contributed by atoms with Crippen molar-refractivity contribution >= 4 is 5.91 Å². The van der Waals surface area contributed by atoms with Crippen LogP contribution in [-0.4, -0.2) is 21.1 Å². The first-order valence-electron chi connectivity index (χ1n) is 7.80. The van der Waals surface area contributed by atoms with E-state index >= 15 is 0 Å². The van der Waals surface area contributed by atoms with Crippen LogP contribution in [0.25, 0.3) is 11.6 Å². The van der Waals surface area contributed by atoms with E-state index in [1.165, 1.54) is 0 Å². The van der Waals surface area contributed by atoms with Gasteiger partial charge in [0, 0.05) is 19.0 Å². The molecule has 2 aromatic heterocycles. The lowest BCUT2D eigenvalue weighted by Gasteiger charge is -2.13. The Bertz CT molecular complexity index is 787. The van der Waals surface area contributed by atoms with E-state index in [1.54, 1.807) is 12.3 Å². The van der Waals surface area contributed by atoms with Crippen LogP contribution in [0, 0.1) is 0 Å². The second kappa shape index (κ2) is 7.50. The van der Waals surface area contributed by atoms with E-state index in [-0.39, 0.29) is 11.9 Å². The Balaban J connectivity index is 1.53. The van der Waals surface area contributed by atoms with Gasteiger partial charge in [-0.3, -0.25) is 9.78 Å². The predicted molar refractivity (Wildman–Crippen MR) is 88.8 cm³/mol. The predicted octanol–water partition coefficient (Wildman–Crippen LogP) is 2.94. The van der Waals surface area contributed by atoms with Crippen LogP contribution < -0.4 is 5.32 Å². The number of benzene rings is 1. The van der Waals surface area contributed by atoms with Gasteiger partial charge in [-0.1, -0.05) is 36.4 Å². The number of carbonyl (C=O) groups is 1. The highest BCUT2D eigenvalue weighted by Gasteiger charge is 2.13. The fraction of sp³-hybridized carbons (Fsp3) is 0.222. The fourth-order valence-corrected chi connectivity index (χ4v) is 2.31. The van der Waals surface area contributed by atoms with Crippen molar-refractivity contribution in [2.75, 3.05) is 0 Å². The van der Waals surface area contributed by atoms with Gasteiger partial charge in [0.05, 0.1) is 6.04 Å². The van der Waals surface area contributed by atoms with E-state index in [4.69, 9.17) is 4.42 Å². The lowest BCUT2D eigenvalue weighted by atomic mass is 10.1. The molecule has 3 rings (SSSR count). The molecule has 24 heavy (non-hydrogen) atoms. The Morgan fingerprint density at radius 2 is 1.92 bits per heavy atom. The zero-order chi connectivity index (χ0) is 16.8. The molecule has 2 heterocycles. The lowest BCUT2D eigenvalue weighted by Crippen LogP contribution is -2.26. The molecule has 0 saturated carbocycles. The summed E-state index contributed by atoms with van der Waals surface area (Å²) < 4.78 is 5.54. The average Bonchev–Trinajstić information content (AvgIpc) is 3.10. The molecule has 1 N–H and O–H groups in total. The van der Waals surface area contributed by atoms with Crippen molar-refractivity contribution < 1.29 is 9.21 Å². The van der Waals surface area contributed by atoms with Crippen LogP contribution in [0.3, 0.4) is 0 Å². The molecule has 1 amide bonds. The summed E-state index contributed by atoms with van der Waals surface area (Å²) >= 11 is 0. The molecule has 0 radical (unpaired) electrons. The second-order valence-corrected chi connectivity index (χ2v) is 5.42. The minimum Gasteiger partial charge on any atom is -0.419 e. The number of hydrogen-bond donors (Lipinski definition) is 1. The number of hydrogen-bond acceptors (Lipinski definition) is 5. The summed E-state index contributed by atoms with van der Waals surface area (Å²) in [6, 6.07) is 15.3. The highest BCUT2D eigenvalue weighted by Crippen LogP contribution is 2.15. The molecule has 0 bridgehead atoms. The smallest absolute Gasteiger partial charge is 0.266 e. The van der Waals surface area contributed by atoms with Gasteiger partial charge in [-0.05, 0) is 24.6 Å². The molecule has 1 unspecified atom stereocenters. The third-order valence-corrected chi connectivity index (χ3v) is 3.59. The molecule has 0 aliphatic rings. The summed E-state index contributed by atoms with van der Waals surface area (Å²) in [6.45, 7) is 1.96. The van der Waals surface area contributed by atoms with Gasteiger partial charge >= 0.3 is 0 Å². The van der Waals surface area contributed by atoms with Crippen LogP contribution in [0.2, 0.25) is 0 Å². The maximum absolute atomic E-state index is 12.1.